The molecule has 0 saturated heterocycles. The molecule has 5 nitrogen and oxygen atoms in total. The number of aliphatic hydroxyl groups is 1. The van der Waals surface area contributed by atoms with Gasteiger partial charge >= 0.3 is 6.09 Å². The third-order valence-corrected chi connectivity index (χ3v) is 5.44. The van der Waals surface area contributed by atoms with Crippen LogP contribution in [0.5, 0.6) is 0 Å². The fourth-order valence-electron chi connectivity index (χ4n) is 3.71. The van der Waals surface area contributed by atoms with E-state index < -0.39 is 0 Å². The van der Waals surface area contributed by atoms with Gasteiger partial charge in [0, 0.05) is 30.7 Å². The minimum Gasteiger partial charge on any atom is -0.445 e. The van der Waals surface area contributed by atoms with Gasteiger partial charge in [-0.2, -0.15) is 0 Å². The number of aliphatic hydroxyl groups excluding tert-OH is 1. The molecule has 0 spiro atoms. The van der Waals surface area contributed by atoms with Crippen LogP contribution in [0.25, 0.3) is 0 Å². The van der Waals surface area contributed by atoms with E-state index in [0.717, 1.165) is 37.8 Å². The van der Waals surface area contributed by atoms with Gasteiger partial charge in [0.15, 0.2) is 0 Å². The number of hydrogen-bond donors (Lipinski definition) is 3. The Kier molecular flexibility index (Phi) is 5.74. The zero-order valence-electron chi connectivity index (χ0n) is 14.2. The normalized spacial score (nSPS) is 25.0. The van der Waals surface area contributed by atoms with Crippen molar-refractivity contribution in [2.45, 2.75) is 57.2 Å². The van der Waals surface area contributed by atoms with E-state index in [4.69, 9.17) is 4.74 Å². The van der Waals surface area contributed by atoms with Gasteiger partial charge in [-0.15, -0.1) is 0 Å². The molecular weight excluding hydrogens is 304 g/mol. The van der Waals surface area contributed by atoms with Crippen molar-refractivity contribution in [1.82, 2.24) is 10.6 Å². The highest BCUT2D eigenvalue weighted by Gasteiger charge is 2.36. The highest BCUT2D eigenvalue weighted by Crippen LogP contribution is 2.37. The van der Waals surface area contributed by atoms with Gasteiger partial charge in [-0.25, -0.2) is 4.79 Å². The van der Waals surface area contributed by atoms with Crippen LogP contribution in [0, 0.1) is 5.41 Å². The third-order valence-electron chi connectivity index (χ3n) is 5.44. The van der Waals surface area contributed by atoms with Crippen molar-refractivity contribution in [3.63, 3.8) is 0 Å². The van der Waals surface area contributed by atoms with Crippen LogP contribution in [0.4, 0.5) is 4.79 Å². The number of ether oxygens (including phenoxy) is 1. The van der Waals surface area contributed by atoms with E-state index in [2.05, 4.69) is 10.6 Å². The first-order chi connectivity index (χ1) is 11.7. The molecule has 2 fully saturated rings. The summed E-state index contributed by atoms with van der Waals surface area (Å²) in [5.41, 5.74) is 1.08. The number of hydrogen-bond acceptors (Lipinski definition) is 4. The monoisotopic (exact) mass is 332 g/mol. The zero-order chi connectivity index (χ0) is 16.8. The number of carbonyl (C=O) groups is 1. The standard InChI is InChI=1S/C19H28N2O3/c22-14-19(8-4-5-9-19)13-20-16-10-17(11-16)21-18(23)24-12-15-6-2-1-3-7-15/h1-3,6-7,16-17,20,22H,4-5,8-14H2,(H,21,23). The summed E-state index contributed by atoms with van der Waals surface area (Å²) in [7, 11) is 0. The van der Waals surface area contributed by atoms with Crippen LogP contribution >= 0.6 is 0 Å². The fourth-order valence-corrected chi connectivity index (χ4v) is 3.71. The van der Waals surface area contributed by atoms with Crippen molar-refractivity contribution in [3.8, 4) is 0 Å². The second-order valence-corrected chi connectivity index (χ2v) is 7.32. The number of benzene rings is 1. The lowest BCUT2D eigenvalue weighted by Gasteiger charge is -2.38. The van der Waals surface area contributed by atoms with E-state index >= 15 is 0 Å². The summed E-state index contributed by atoms with van der Waals surface area (Å²) in [6.07, 6.45) is 6.22. The number of carbonyl (C=O) groups excluding carboxylic acids is 1. The SMILES string of the molecule is O=C(NC1CC(NCC2(CO)CCCC2)C1)OCc1ccccc1. The molecule has 0 aromatic heterocycles. The number of alkyl carbamates (subject to hydrolysis) is 1. The summed E-state index contributed by atoms with van der Waals surface area (Å²) in [5.74, 6) is 0. The van der Waals surface area contributed by atoms with Crippen molar-refractivity contribution in [1.29, 1.82) is 0 Å². The number of nitrogens with one attached hydrogen (secondary N) is 2. The molecule has 0 radical (unpaired) electrons. The summed E-state index contributed by atoms with van der Waals surface area (Å²) in [6.45, 7) is 1.47. The first-order valence-electron chi connectivity index (χ1n) is 9.01. The molecule has 24 heavy (non-hydrogen) atoms. The maximum absolute atomic E-state index is 11.8. The third kappa shape index (κ3) is 4.48. The van der Waals surface area contributed by atoms with Crippen LogP contribution in [-0.2, 0) is 11.3 Å². The Hall–Kier alpha value is -1.59. The predicted octanol–water partition coefficient (Wildman–Crippen LogP) is 2.59. The molecule has 132 valence electrons. The van der Waals surface area contributed by atoms with E-state index in [1.807, 2.05) is 30.3 Å². The van der Waals surface area contributed by atoms with Gasteiger partial charge in [-0.3, -0.25) is 0 Å². The van der Waals surface area contributed by atoms with Crippen LogP contribution in [0.1, 0.15) is 44.1 Å². The van der Waals surface area contributed by atoms with Crippen LogP contribution in [-0.4, -0.2) is 36.4 Å². The van der Waals surface area contributed by atoms with Crippen molar-refractivity contribution in [2.75, 3.05) is 13.2 Å². The summed E-state index contributed by atoms with van der Waals surface area (Å²) in [4.78, 5) is 11.8. The summed E-state index contributed by atoms with van der Waals surface area (Å²) in [5, 5.41) is 16.1. The minimum atomic E-state index is -0.343. The molecule has 1 aromatic carbocycles. The highest BCUT2D eigenvalue weighted by molar-refractivity contribution is 5.67. The van der Waals surface area contributed by atoms with Gasteiger partial charge in [0.2, 0.25) is 0 Å². The highest BCUT2D eigenvalue weighted by atomic mass is 16.5. The Morgan fingerprint density at radius 1 is 1.17 bits per heavy atom. The van der Waals surface area contributed by atoms with Crippen molar-refractivity contribution >= 4 is 6.09 Å². The van der Waals surface area contributed by atoms with Gasteiger partial charge in [-0.05, 0) is 31.2 Å². The Labute approximate surface area is 143 Å². The molecule has 3 rings (SSSR count). The Bertz CT molecular complexity index is 523. The lowest BCUT2D eigenvalue weighted by atomic mass is 9.83. The number of amides is 1. The van der Waals surface area contributed by atoms with Crippen LogP contribution in [0.15, 0.2) is 30.3 Å². The molecular formula is C19H28N2O3. The molecule has 1 aromatic rings. The van der Waals surface area contributed by atoms with Gasteiger partial charge < -0.3 is 20.5 Å². The van der Waals surface area contributed by atoms with Crippen LogP contribution in [0.2, 0.25) is 0 Å². The van der Waals surface area contributed by atoms with E-state index in [9.17, 15) is 9.90 Å². The van der Waals surface area contributed by atoms with Crippen molar-refractivity contribution < 1.29 is 14.6 Å². The molecule has 1 amide bonds. The molecule has 0 heterocycles. The average Bonchev–Trinajstić information content (AvgIpc) is 3.05. The van der Waals surface area contributed by atoms with Crippen LogP contribution in [0.3, 0.4) is 0 Å². The molecule has 2 saturated carbocycles. The molecule has 2 aliphatic rings. The average molecular weight is 332 g/mol. The van der Waals surface area contributed by atoms with Gasteiger partial charge in [-0.1, -0.05) is 43.2 Å². The van der Waals surface area contributed by atoms with E-state index in [-0.39, 0.29) is 24.2 Å². The maximum atomic E-state index is 11.8. The van der Waals surface area contributed by atoms with Crippen molar-refractivity contribution in [3.05, 3.63) is 35.9 Å². The Balaban J connectivity index is 1.30. The van der Waals surface area contributed by atoms with E-state index in [0.29, 0.717) is 12.6 Å². The topological polar surface area (TPSA) is 70.6 Å². The molecule has 3 N–H and O–H groups in total. The first-order valence-corrected chi connectivity index (χ1v) is 9.01. The van der Waals surface area contributed by atoms with Gasteiger partial charge in [0.25, 0.3) is 0 Å². The molecule has 2 aliphatic carbocycles. The first kappa shape index (κ1) is 17.2. The zero-order valence-corrected chi connectivity index (χ0v) is 14.2. The van der Waals surface area contributed by atoms with Crippen LogP contribution < -0.4 is 10.6 Å². The minimum absolute atomic E-state index is 0.0904. The maximum Gasteiger partial charge on any atom is 0.407 e. The summed E-state index contributed by atoms with van der Waals surface area (Å²) >= 11 is 0. The summed E-state index contributed by atoms with van der Waals surface area (Å²) < 4.78 is 5.24. The molecule has 5 heteroatoms. The van der Waals surface area contributed by atoms with Gasteiger partial charge in [0.1, 0.15) is 6.61 Å². The predicted molar refractivity (Wildman–Crippen MR) is 92.6 cm³/mol. The smallest absolute Gasteiger partial charge is 0.407 e. The second kappa shape index (κ2) is 7.99. The molecule has 0 aliphatic heterocycles. The van der Waals surface area contributed by atoms with Crippen molar-refractivity contribution in [2.24, 2.45) is 5.41 Å². The van der Waals surface area contributed by atoms with E-state index in [1.54, 1.807) is 0 Å². The number of rotatable bonds is 7. The molecule has 0 bridgehead atoms. The lowest BCUT2D eigenvalue weighted by Crippen LogP contribution is -2.54. The molecule has 0 atom stereocenters. The lowest BCUT2D eigenvalue weighted by molar-refractivity contribution is 0.108. The quantitative estimate of drug-likeness (QED) is 0.718. The van der Waals surface area contributed by atoms with Gasteiger partial charge in [0.05, 0.1) is 0 Å². The fraction of sp³-hybridized carbons (Fsp3) is 0.632. The van der Waals surface area contributed by atoms with E-state index in [1.165, 1.54) is 12.8 Å². The molecule has 0 unspecified atom stereocenters. The summed E-state index contributed by atoms with van der Waals surface area (Å²) in [6, 6.07) is 10.3. The largest absolute Gasteiger partial charge is 0.445 e. The second-order valence-electron chi connectivity index (χ2n) is 7.32. The Morgan fingerprint density at radius 3 is 2.54 bits per heavy atom. The Morgan fingerprint density at radius 2 is 1.88 bits per heavy atom.